The van der Waals surface area contributed by atoms with Gasteiger partial charge in [-0.15, -0.1) is 11.6 Å². The molecule has 0 aliphatic rings. The first-order valence-electron chi connectivity index (χ1n) is 5.65. The number of hydrogen-bond acceptors (Lipinski definition) is 2. The Morgan fingerprint density at radius 1 is 1.50 bits per heavy atom. The number of nitrogens with zero attached hydrogens (tertiary/aromatic N) is 2. The maximum absolute atomic E-state index is 13.4. The molecule has 18 heavy (non-hydrogen) atoms. The lowest BCUT2D eigenvalue weighted by atomic mass is 10.3. The molecule has 0 bridgehead atoms. The van der Waals surface area contributed by atoms with Crippen molar-refractivity contribution in [2.45, 2.75) is 19.3 Å². The molecule has 2 rings (SSSR count). The van der Waals surface area contributed by atoms with Crippen LogP contribution in [-0.2, 0) is 17.2 Å². The third kappa shape index (κ3) is 2.68. The van der Waals surface area contributed by atoms with E-state index in [1.54, 1.807) is 6.07 Å². The molecule has 0 saturated heterocycles. The summed E-state index contributed by atoms with van der Waals surface area (Å²) in [5.41, 5.74) is 1.47. The maximum atomic E-state index is 13.4. The number of fused-ring (bicyclic) bond motifs is 1. The highest BCUT2D eigenvalue weighted by atomic mass is 79.9. The summed E-state index contributed by atoms with van der Waals surface area (Å²) in [5.74, 6) is 0.696. The Morgan fingerprint density at radius 3 is 2.94 bits per heavy atom. The normalized spacial score (nSPS) is 11.3. The van der Waals surface area contributed by atoms with Gasteiger partial charge in [-0.25, -0.2) is 9.37 Å². The topological polar surface area (TPSA) is 27.1 Å². The second kappa shape index (κ2) is 5.99. The summed E-state index contributed by atoms with van der Waals surface area (Å²) in [4.78, 5) is 4.33. The maximum Gasteiger partial charge on any atom is 0.139 e. The van der Waals surface area contributed by atoms with Crippen LogP contribution in [0.5, 0.6) is 0 Å². The SMILES string of the molecule is CCOCCn1c(CCl)nc2cc(F)c(Br)cc21. The van der Waals surface area contributed by atoms with Gasteiger partial charge in [-0.3, -0.25) is 0 Å². The van der Waals surface area contributed by atoms with E-state index in [9.17, 15) is 4.39 Å². The quantitative estimate of drug-likeness (QED) is 0.615. The zero-order chi connectivity index (χ0) is 13.1. The molecule has 0 aliphatic carbocycles. The highest BCUT2D eigenvalue weighted by Gasteiger charge is 2.12. The molecular formula is C12H13BrClFN2O. The molecule has 0 atom stereocenters. The lowest BCUT2D eigenvalue weighted by molar-refractivity contribution is 0.139. The molecule has 0 N–H and O–H groups in total. The second-order valence-corrected chi connectivity index (χ2v) is 4.89. The highest BCUT2D eigenvalue weighted by molar-refractivity contribution is 9.10. The largest absolute Gasteiger partial charge is 0.380 e. The predicted octanol–water partition coefficient (Wildman–Crippen LogP) is 3.71. The van der Waals surface area contributed by atoms with Crippen molar-refractivity contribution in [1.29, 1.82) is 0 Å². The van der Waals surface area contributed by atoms with E-state index in [1.807, 2.05) is 11.5 Å². The molecule has 1 aromatic heterocycles. The molecule has 1 aromatic carbocycles. The van der Waals surface area contributed by atoms with Crippen LogP contribution in [0.25, 0.3) is 11.0 Å². The van der Waals surface area contributed by atoms with E-state index < -0.39 is 0 Å². The highest BCUT2D eigenvalue weighted by Crippen LogP contribution is 2.24. The fraction of sp³-hybridized carbons (Fsp3) is 0.417. The van der Waals surface area contributed by atoms with E-state index in [0.717, 1.165) is 11.3 Å². The van der Waals surface area contributed by atoms with Crippen molar-refractivity contribution >= 4 is 38.6 Å². The molecule has 2 aromatic rings. The number of hydrogen-bond donors (Lipinski definition) is 0. The van der Waals surface area contributed by atoms with Gasteiger partial charge in [-0.2, -0.15) is 0 Å². The van der Waals surface area contributed by atoms with E-state index in [2.05, 4.69) is 20.9 Å². The first-order valence-corrected chi connectivity index (χ1v) is 6.98. The van der Waals surface area contributed by atoms with Crippen LogP contribution >= 0.6 is 27.5 Å². The van der Waals surface area contributed by atoms with Gasteiger partial charge in [0.25, 0.3) is 0 Å². The van der Waals surface area contributed by atoms with Gasteiger partial charge in [0.2, 0.25) is 0 Å². The summed E-state index contributed by atoms with van der Waals surface area (Å²) in [7, 11) is 0. The van der Waals surface area contributed by atoms with Crippen molar-refractivity contribution in [2.24, 2.45) is 0 Å². The molecule has 98 valence electrons. The molecular weight excluding hydrogens is 322 g/mol. The first kappa shape index (κ1) is 13.8. The van der Waals surface area contributed by atoms with Crippen LogP contribution in [0.15, 0.2) is 16.6 Å². The van der Waals surface area contributed by atoms with Crippen LogP contribution < -0.4 is 0 Å². The third-order valence-corrected chi connectivity index (χ3v) is 3.50. The van der Waals surface area contributed by atoms with Crippen LogP contribution in [0.1, 0.15) is 12.7 Å². The van der Waals surface area contributed by atoms with Gasteiger partial charge in [-0.1, -0.05) is 0 Å². The molecule has 0 amide bonds. The zero-order valence-electron chi connectivity index (χ0n) is 9.92. The number of rotatable bonds is 5. The van der Waals surface area contributed by atoms with Gasteiger partial charge in [0, 0.05) is 19.2 Å². The molecule has 1 heterocycles. The fourth-order valence-corrected chi connectivity index (χ4v) is 2.36. The first-order chi connectivity index (χ1) is 8.67. The second-order valence-electron chi connectivity index (χ2n) is 3.77. The van der Waals surface area contributed by atoms with Crippen molar-refractivity contribution in [3.05, 3.63) is 28.2 Å². The molecule has 0 spiro atoms. The molecule has 0 saturated carbocycles. The molecule has 0 fully saturated rings. The Kier molecular flexibility index (Phi) is 4.59. The van der Waals surface area contributed by atoms with Gasteiger partial charge in [0.15, 0.2) is 0 Å². The minimum absolute atomic E-state index is 0.292. The fourth-order valence-electron chi connectivity index (χ4n) is 1.82. The average Bonchev–Trinajstić information content (AvgIpc) is 2.68. The Hall–Kier alpha value is -0.650. The number of aromatic nitrogens is 2. The van der Waals surface area contributed by atoms with Crippen LogP contribution in [0.3, 0.4) is 0 Å². The number of halogens is 3. The summed E-state index contributed by atoms with van der Waals surface area (Å²) >= 11 is 9.05. The Labute approximate surface area is 118 Å². The number of ether oxygens (including phenoxy) is 1. The standard InChI is InChI=1S/C12H13BrClFN2O/c1-2-18-4-3-17-11-5-8(13)9(15)6-10(11)16-12(17)7-14/h5-6H,2-4,7H2,1H3. The zero-order valence-corrected chi connectivity index (χ0v) is 12.3. The Bertz CT molecular complexity index is 558. The summed E-state index contributed by atoms with van der Waals surface area (Å²) in [5, 5.41) is 0. The summed E-state index contributed by atoms with van der Waals surface area (Å²) < 4.78 is 21.2. The summed E-state index contributed by atoms with van der Waals surface area (Å²) in [6, 6.07) is 3.13. The van der Waals surface area contributed by atoms with Gasteiger partial charge in [-0.05, 0) is 28.9 Å². The van der Waals surface area contributed by atoms with E-state index in [0.29, 0.717) is 35.6 Å². The van der Waals surface area contributed by atoms with Crippen molar-refractivity contribution in [3.63, 3.8) is 0 Å². The molecule has 3 nitrogen and oxygen atoms in total. The monoisotopic (exact) mass is 334 g/mol. The Morgan fingerprint density at radius 2 is 2.28 bits per heavy atom. The molecule has 6 heteroatoms. The lowest BCUT2D eigenvalue weighted by Crippen LogP contribution is -2.08. The van der Waals surface area contributed by atoms with Gasteiger partial charge >= 0.3 is 0 Å². The van der Waals surface area contributed by atoms with E-state index >= 15 is 0 Å². The van der Waals surface area contributed by atoms with Crippen molar-refractivity contribution < 1.29 is 9.13 Å². The van der Waals surface area contributed by atoms with Crippen LogP contribution in [0.2, 0.25) is 0 Å². The van der Waals surface area contributed by atoms with Crippen LogP contribution in [0, 0.1) is 5.82 Å². The van der Waals surface area contributed by atoms with Gasteiger partial charge < -0.3 is 9.30 Å². The minimum atomic E-state index is -0.321. The van der Waals surface area contributed by atoms with Crippen LogP contribution in [0.4, 0.5) is 4.39 Å². The summed E-state index contributed by atoms with van der Waals surface area (Å²) in [6.07, 6.45) is 0. The van der Waals surface area contributed by atoms with Gasteiger partial charge in [0.05, 0.1) is 28.0 Å². The van der Waals surface area contributed by atoms with Crippen molar-refractivity contribution in [2.75, 3.05) is 13.2 Å². The van der Waals surface area contributed by atoms with Crippen molar-refractivity contribution in [3.8, 4) is 0 Å². The Balaban J connectivity index is 2.44. The predicted molar refractivity (Wildman–Crippen MR) is 73.4 cm³/mol. The van der Waals surface area contributed by atoms with Crippen LogP contribution in [-0.4, -0.2) is 22.8 Å². The van der Waals surface area contributed by atoms with Crippen molar-refractivity contribution in [1.82, 2.24) is 9.55 Å². The molecule has 0 aliphatic heterocycles. The number of benzene rings is 1. The van der Waals surface area contributed by atoms with E-state index in [-0.39, 0.29) is 5.82 Å². The lowest BCUT2D eigenvalue weighted by Gasteiger charge is -2.07. The van der Waals surface area contributed by atoms with Gasteiger partial charge in [0.1, 0.15) is 11.6 Å². The smallest absolute Gasteiger partial charge is 0.139 e. The number of alkyl halides is 1. The molecule has 0 radical (unpaired) electrons. The van der Waals surface area contributed by atoms with E-state index in [1.165, 1.54) is 6.07 Å². The number of imidazole rings is 1. The third-order valence-electron chi connectivity index (χ3n) is 2.65. The van der Waals surface area contributed by atoms with E-state index in [4.69, 9.17) is 16.3 Å². The molecule has 0 unspecified atom stereocenters. The average molecular weight is 336 g/mol. The summed E-state index contributed by atoms with van der Waals surface area (Å²) in [6.45, 7) is 3.85. The minimum Gasteiger partial charge on any atom is -0.380 e.